The summed E-state index contributed by atoms with van der Waals surface area (Å²) < 4.78 is 1.99. The maximum absolute atomic E-state index is 4.84. The highest BCUT2D eigenvalue weighted by molar-refractivity contribution is 5.80. The fourth-order valence-electron chi connectivity index (χ4n) is 3.81. The van der Waals surface area contributed by atoms with Crippen molar-refractivity contribution in [3.8, 4) is 0 Å². The fourth-order valence-corrected chi connectivity index (χ4v) is 3.81. The van der Waals surface area contributed by atoms with E-state index in [9.17, 15) is 0 Å². The predicted molar refractivity (Wildman–Crippen MR) is 114 cm³/mol. The summed E-state index contributed by atoms with van der Waals surface area (Å²) in [5.74, 6) is 3.53. The van der Waals surface area contributed by atoms with Crippen molar-refractivity contribution in [1.82, 2.24) is 25.4 Å². The Bertz CT molecular complexity index is 759. The van der Waals surface area contributed by atoms with Gasteiger partial charge in [0.15, 0.2) is 11.8 Å². The summed E-state index contributed by atoms with van der Waals surface area (Å²) in [4.78, 5) is 4.84. The summed E-state index contributed by atoms with van der Waals surface area (Å²) in [5.41, 5.74) is 1.25. The molecule has 0 bridgehead atoms. The predicted octanol–water partition coefficient (Wildman–Crippen LogP) is 3.89. The molecule has 28 heavy (non-hydrogen) atoms. The molecule has 1 aliphatic rings. The number of hydrogen-bond acceptors (Lipinski definition) is 3. The second-order valence-electron chi connectivity index (χ2n) is 7.93. The number of hydrogen-bond donors (Lipinski definition) is 2. The van der Waals surface area contributed by atoms with Crippen LogP contribution in [0, 0.1) is 12.8 Å². The summed E-state index contributed by atoms with van der Waals surface area (Å²) in [6.07, 6.45) is 6.32. The molecule has 6 nitrogen and oxygen atoms in total. The molecule has 1 saturated carbocycles. The summed E-state index contributed by atoms with van der Waals surface area (Å²) >= 11 is 0. The molecule has 1 aromatic heterocycles. The van der Waals surface area contributed by atoms with Crippen molar-refractivity contribution in [1.29, 1.82) is 0 Å². The van der Waals surface area contributed by atoms with E-state index in [1.165, 1.54) is 37.7 Å². The van der Waals surface area contributed by atoms with Gasteiger partial charge in [-0.1, -0.05) is 43.7 Å². The molecule has 1 aromatic carbocycles. The zero-order valence-electron chi connectivity index (χ0n) is 17.7. The van der Waals surface area contributed by atoms with Crippen LogP contribution in [0.4, 0.5) is 0 Å². The zero-order chi connectivity index (χ0) is 19.9. The number of aromatic nitrogens is 3. The standard InChI is InChI=1S/C22H34N6/c1-5-18-11-13-20(14-12-18)25-22(23-15-21-27-26-17(3)28(21)4)24-16(2)19-9-7-6-8-10-19/h6-10,16,18,20H,5,11-15H2,1-4H3,(H2,23,24,25). The van der Waals surface area contributed by atoms with Crippen LogP contribution < -0.4 is 10.6 Å². The molecule has 0 amide bonds. The Morgan fingerprint density at radius 3 is 2.50 bits per heavy atom. The molecule has 1 heterocycles. The molecule has 6 heteroatoms. The molecular formula is C22H34N6. The van der Waals surface area contributed by atoms with Crippen LogP contribution in [0.5, 0.6) is 0 Å². The summed E-state index contributed by atoms with van der Waals surface area (Å²) in [6, 6.07) is 11.2. The molecule has 1 atom stereocenters. The number of nitrogens with zero attached hydrogens (tertiary/aromatic N) is 4. The van der Waals surface area contributed by atoms with Gasteiger partial charge in [-0.25, -0.2) is 4.99 Å². The molecule has 0 radical (unpaired) electrons. The van der Waals surface area contributed by atoms with Crippen LogP contribution in [0.2, 0.25) is 0 Å². The number of aryl methyl sites for hydroxylation is 1. The van der Waals surface area contributed by atoms with Gasteiger partial charge in [-0.15, -0.1) is 10.2 Å². The Kier molecular flexibility index (Phi) is 7.06. The third-order valence-electron chi connectivity index (χ3n) is 5.98. The average molecular weight is 383 g/mol. The molecular weight excluding hydrogens is 348 g/mol. The fraction of sp³-hybridized carbons (Fsp3) is 0.591. The van der Waals surface area contributed by atoms with Gasteiger partial charge in [0, 0.05) is 13.1 Å². The maximum Gasteiger partial charge on any atom is 0.192 e. The normalized spacial score (nSPS) is 21.4. The van der Waals surface area contributed by atoms with E-state index in [2.05, 4.69) is 58.9 Å². The van der Waals surface area contributed by atoms with E-state index in [0.29, 0.717) is 12.6 Å². The Balaban J connectivity index is 1.69. The first-order valence-corrected chi connectivity index (χ1v) is 10.5. The second-order valence-corrected chi connectivity index (χ2v) is 7.93. The Morgan fingerprint density at radius 1 is 1.18 bits per heavy atom. The van der Waals surface area contributed by atoms with Crippen molar-refractivity contribution in [2.45, 2.75) is 71.5 Å². The number of rotatable bonds is 6. The highest BCUT2D eigenvalue weighted by atomic mass is 15.3. The monoisotopic (exact) mass is 382 g/mol. The quantitative estimate of drug-likeness (QED) is 0.587. The molecule has 152 valence electrons. The van der Waals surface area contributed by atoms with Gasteiger partial charge in [0.25, 0.3) is 0 Å². The van der Waals surface area contributed by atoms with Crippen LogP contribution in [0.25, 0.3) is 0 Å². The average Bonchev–Trinajstić information content (AvgIpc) is 3.05. The molecule has 0 spiro atoms. The topological polar surface area (TPSA) is 67.1 Å². The van der Waals surface area contributed by atoms with Gasteiger partial charge in [0.05, 0.1) is 6.04 Å². The largest absolute Gasteiger partial charge is 0.354 e. The van der Waals surface area contributed by atoms with E-state index < -0.39 is 0 Å². The van der Waals surface area contributed by atoms with Gasteiger partial charge >= 0.3 is 0 Å². The van der Waals surface area contributed by atoms with E-state index in [1.807, 2.05) is 24.6 Å². The minimum Gasteiger partial charge on any atom is -0.354 e. The highest BCUT2D eigenvalue weighted by Crippen LogP contribution is 2.26. The van der Waals surface area contributed by atoms with Crippen molar-refractivity contribution >= 4 is 5.96 Å². The zero-order valence-corrected chi connectivity index (χ0v) is 17.7. The number of nitrogens with one attached hydrogen (secondary N) is 2. The lowest BCUT2D eigenvalue weighted by Gasteiger charge is -2.30. The summed E-state index contributed by atoms with van der Waals surface area (Å²) in [6.45, 7) is 6.95. The SMILES string of the molecule is CCC1CCC(NC(=NCc2nnc(C)n2C)NC(C)c2ccccc2)CC1. The first-order valence-electron chi connectivity index (χ1n) is 10.5. The Morgan fingerprint density at radius 2 is 1.89 bits per heavy atom. The van der Waals surface area contributed by atoms with Crippen molar-refractivity contribution in [3.05, 3.63) is 47.5 Å². The van der Waals surface area contributed by atoms with Crippen molar-refractivity contribution in [3.63, 3.8) is 0 Å². The lowest BCUT2D eigenvalue weighted by Crippen LogP contribution is -2.45. The van der Waals surface area contributed by atoms with Crippen LogP contribution in [0.3, 0.4) is 0 Å². The molecule has 2 aromatic rings. The molecule has 1 unspecified atom stereocenters. The minimum atomic E-state index is 0.181. The van der Waals surface area contributed by atoms with Crippen LogP contribution in [-0.2, 0) is 13.6 Å². The maximum atomic E-state index is 4.84. The first-order chi connectivity index (χ1) is 13.6. The van der Waals surface area contributed by atoms with E-state index in [4.69, 9.17) is 4.99 Å². The smallest absolute Gasteiger partial charge is 0.192 e. The van der Waals surface area contributed by atoms with Crippen molar-refractivity contribution in [2.24, 2.45) is 18.0 Å². The number of guanidine groups is 1. The van der Waals surface area contributed by atoms with Gasteiger partial charge in [-0.05, 0) is 51.0 Å². The molecule has 0 saturated heterocycles. The second kappa shape index (κ2) is 9.71. The van der Waals surface area contributed by atoms with Crippen LogP contribution in [0.15, 0.2) is 35.3 Å². The summed E-state index contributed by atoms with van der Waals surface area (Å²) in [7, 11) is 1.99. The molecule has 1 fully saturated rings. The van der Waals surface area contributed by atoms with Gasteiger partial charge in [0.2, 0.25) is 0 Å². The lowest BCUT2D eigenvalue weighted by atomic mass is 9.84. The van der Waals surface area contributed by atoms with Gasteiger partial charge in [-0.2, -0.15) is 0 Å². The lowest BCUT2D eigenvalue weighted by molar-refractivity contribution is 0.303. The third kappa shape index (κ3) is 5.33. The Labute approximate surface area is 168 Å². The van der Waals surface area contributed by atoms with Gasteiger partial charge in [0.1, 0.15) is 12.4 Å². The third-order valence-corrected chi connectivity index (χ3v) is 5.98. The van der Waals surface area contributed by atoms with E-state index in [1.54, 1.807) is 0 Å². The van der Waals surface area contributed by atoms with Crippen molar-refractivity contribution < 1.29 is 0 Å². The highest BCUT2D eigenvalue weighted by Gasteiger charge is 2.21. The molecule has 3 rings (SSSR count). The Hall–Kier alpha value is -2.37. The van der Waals surface area contributed by atoms with Crippen LogP contribution in [-0.4, -0.2) is 26.8 Å². The van der Waals surface area contributed by atoms with Gasteiger partial charge in [-0.3, -0.25) is 0 Å². The van der Waals surface area contributed by atoms with E-state index in [0.717, 1.165) is 23.5 Å². The van der Waals surface area contributed by atoms with E-state index >= 15 is 0 Å². The van der Waals surface area contributed by atoms with Gasteiger partial charge < -0.3 is 15.2 Å². The molecule has 1 aliphatic carbocycles. The van der Waals surface area contributed by atoms with Crippen LogP contribution >= 0.6 is 0 Å². The minimum absolute atomic E-state index is 0.181. The van der Waals surface area contributed by atoms with Crippen molar-refractivity contribution in [2.75, 3.05) is 0 Å². The first kappa shape index (κ1) is 20.4. The summed E-state index contributed by atoms with van der Waals surface area (Å²) in [5, 5.41) is 15.6. The number of aliphatic imine (C=N–C) groups is 1. The van der Waals surface area contributed by atoms with E-state index in [-0.39, 0.29) is 6.04 Å². The van der Waals surface area contributed by atoms with Crippen LogP contribution in [0.1, 0.15) is 69.2 Å². The molecule has 2 N–H and O–H groups in total. The molecule has 0 aliphatic heterocycles. The number of benzene rings is 1.